The highest BCUT2D eigenvalue weighted by Gasteiger charge is 2.18. The molecule has 7 nitrogen and oxygen atoms in total. The lowest BCUT2D eigenvalue weighted by molar-refractivity contribution is -0.384. The summed E-state index contributed by atoms with van der Waals surface area (Å²) in [5, 5.41) is 11.7. The molecule has 0 radical (unpaired) electrons. The summed E-state index contributed by atoms with van der Waals surface area (Å²) >= 11 is 0. The Bertz CT molecular complexity index is 1060. The molecule has 0 N–H and O–H groups in total. The Morgan fingerprint density at radius 2 is 1.93 bits per heavy atom. The molecule has 0 fully saturated rings. The number of hydrogen-bond donors (Lipinski definition) is 0. The molecular formula is C23H24N2O5. The zero-order valence-corrected chi connectivity index (χ0v) is 17.3. The number of methoxy groups -OCH3 is 1. The number of terminal acetylenes is 1. The highest BCUT2D eigenvalue weighted by molar-refractivity contribution is 5.89. The number of nitro benzene ring substituents is 1. The van der Waals surface area contributed by atoms with Gasteiger partial charge in [0.05, 0.1) is 30.9 Å². The van der Waals surface area contributed by atoms with E-state index in [0.717, 1.165) is 16.5 Å². The predicted octanol–water partition coefficient (Wildman–Crippen LogP) is 4.08. The smallest absolute Gasteiger partial charge is 0.269 e. The second-order valence-corrected chi connectivity index (χ2v) is 7.09. The maximum atomic E-state index is 10.8. The zero-order chi connectivity index (χ0) is 21.7. The van der Waals surface area contributed by atoms with Gasteiger partial charge < -0.3 is 13.9 Å². The number of nitrogens with zero attached hydrogens (tertiary/aromatic N) is 2. The van der Waals surface area contributed by atoms with E-state index in [1.165, 1.54) is 12.1 Å². The Balaban J connectivity index is 1.81. The highest BCUT2D eigenvalue weighted by atomic mass is 16.6. The van der Waals surface area contributed by atoms with Crippen molar-refractivity contribution < 1.29 is 18.8 Å². The maximum absolute atomic E-state index is 10.8. The first-order valence-electron chi connectivity index (χ1n) is 9.50. The third-order valence-electron chi connectivity index (χ3n) is 4.98. The van der Waals surface area contributed by atoms with Gasteiger partial charge in [-0.2, -0.15) is 0 Å². The van der Waals surface area contributed by atoms with Crippen LogP contribution in [0.5, 0.6) is 11.5 Å². The number of non-ortho nitro benzene ring substituents is 1. The summed E-state index contributed by atoms with van der Waals surface area (Å²) in [6.07, 6.45) is 8.71. The van der Waals surface area contributed by atoms with Crippen molar-refractivity contribution in [2.45, 2.75) is 18.9 Å². The number of likely N-dealkylation sites (N-methyl/N-ethyl adjacent to an activating group) is 1. The van der Waals surface area contributed by atoms with Gasteiger partial charge in [0.2, 0.25) is 0 Å². The largest absolute Gasteiger partial charge is 0.493 e. The van der Waals surface area contributed by atoms with E-state index in [-0.39, 0.29) is 11.7 Å². The third kappa shape index (κ3) is 4.56. The number of rotatable bonds is 9. The van der Waals surface area contributed by atoms with Crippen LogP contribution in [-0.2, 0) is 12.8 Å². The minimum Gasteiger partial charge on any atom is -0.493 e. The van der Waals surface area contributed by atoms with Gasteiger partial charge in [-0.05, 0) is 44.3 Å². The number of nitro groups is 1. The minimum atomic E-state index is -0.437. The Labute approximate surface area is 175 Å². The fourth-order valence-corrected chi connectivity index (χ4v) is 3.32. The van der Waals surface area contributed by atoms with Crippen LogP contribution < -0.4 is 9.47 Å². The van der Waals surface area contributed by atoms with Crippen molar-refractivity contribution >= 4 is 16.7 Å². The molecule has 0 saturated carbocycles. The number of furan rings is 1. The molecule has 0 unspecified atom stereocenters. The van der Waals surface area contributed by atoms with Crippen molar-refractivity contribution in [3.8, 4) is 23.8 Å². The summed E-state index contributed by atoms with van der Waals surface area (Å²) in [5.41, 5.74) is 2.80. The molecule has 7 heteroatoms. The van der Waals surface area contributed by atoms with Crippen LogP contribution in [0.4, 0.5) is 5.69 Å². The van der Waals surface area contributed by atoms with Crippen molar-refractivity contribution in [2.24, 2.45) is 0 Å². The average Bonchev–Trinajstić information content (AvgIpc) is 3.16. The van der Waals surface area contributed by atoms with E-state index in [2.05, 4.69) is 5.92 Å². The van der Waals surface area contributed by atoms with Crippen LogP contribution in [0.25, 0.3) is 11.0 Å². The molecule has 0 saturated heterocycles. The van der Waals surface area contributed by atoms with Gasteiger partial charge >= 0.3 is 0 Å². The highest BCUT2D eigenvalue weighted by Crippen LogP contribution is 2.34. The normalized spacial score (nSPS) is 12.0. The predicted molar refractivity (Wildman–Crippen MR) is 115 cm³/mol. The van der Waals surface area contributed by atoms with Crippen molar-refractivity contribution in [2.75, 3.05) is 27.8 Å². The fourth-order valence-electron chi connectivity index (χ4n) is 3.32. The molecule has 1 heterocycles. The van der Waals surface area contributed by atoms with Crippen molar-refractivity contribution in [1.29, 1.82) is 0 Å². The Morgan fingerprint density at radius 1 is 1.20 bits per heavy atom. The molecular weight excluding hydrogens is 384 g/mol. The topological polar surface area (TPSA) is 78.0 Å². The Kier molecular flexibility index (Phi) is 6.60. The van der Waals surface area contributed by atoms with E-state index >= 15 is 0 Å². The lowest BCUT2D eigenvalue weighted by Gasteiger charge is -2.19. The molecule has 1 atom stereocenters. The zero-order valence-electron chi connectivity index (χ0n) is 17.3. The van der Waals surface area contributed by atoms with Crippen LogP contribution in [-0.4, -0.2) is 43.7 Å². The lowest BCUT2D eigenvalue weighted by Crippen LogP contribution is -2.28. The van der Waals surface area contributed by atoms with Gasteiger partial charge in [-0.3, -0.25) is 15.0 Å². The van der Waals surface area contributed by atoms with Gasteiger partial charge in [0.15, 0.2) is 11.3 Å². The monoisotopic (exact) mass is 408 g/mol. The van der Waals surface area contributed by atoms with Gasteiger partial charge in [0.25, 0.3) is 5.69 Å². The number of benzene rings is 2. The van der Waals surface area contributed by atoms with E-state index in [1.807, 2.05) is 31.1 Å². The van der Waals surface area contributed by atoms with Crippen molar-refractivity contribution in [3.05, 3.63) is 63.9 Å². The molecule has 156 valence electrons. The molecule has 30 heavy (non-hydrogen) atoms. The van der Waals surface area contributed by atoms with Crippen LogP contribution in [0.2, 0.25) is 0 Å². The molecule has 0 aliphatic carbocycles. The second kappa shape index (κ2) is 9.33. The summed E-state index contributed by atoms with van der Waals surface area (Å²) in [6.45, 7) is 0.398. The lowest BCUT2D eigenvalue weighted by atomic mass is 9.98. The maximum Gasteiger partial charge on any atom is 0.269 e. The molecule has 1 aromatic heterocycles. The molecule has 0 spiro atoms. The van der Waals surface area contributed by atoms with E-state index < -0.39 is 4.92 Å². The van der Waals surface area contributed by atoms with Gasteiger partial charge in [-0.25, -0.2) is 0 Å². The van der Waals surface area contributed by atoms with E-state index in [9.17, 15) is 10.1 Å². The number of ether oxygens (including phenoxy) is 2. The van der Waals surface area contributed by atoms with Crippen molar-refractivity contribution in [1.82, 2.24) is 4.90 Å². The third-order valence-corrected chi connectivity index (χ3v) is 4.98. The van der Waals surface area contributed by atoms with Crippen LogP contribution >= 0.6 is 0 Å². The van der Waals surface area contributed by atoms with Gasteiger partial charge in [0, 0.05) is 29.5 Å². The quantitative estimate of drug-likeness (QED) is 0.302. The summed E-state index contributed by atoms with van der Waals surface area (Å²) in [5.74, 6) is 4.06. The summed E-state index contributed by atoms with van der Waals surface area (Å²) in [6, 6.07) is 9.90. The molecule has 3 aromatic rings. The van der Waals surface area contributed by atoms with Crippen LogP contribution in [0.15, 0.2) is 47.1 Å². The second-order valence-electron chi connectivity index (χ2n) is 7.09. The molecule has 3 rings (SSSR count). The van der Waals surface area contributed by atoms with E-state index in [0.29, 0.717) is 36.5 Å². The SMILES string of the molecule is C#C[C@@H](Cc1ccc(OC)c2occ(CCOc3ccc([N+](=O)[O-])cc3)c12)N(C)C. The van der Waals surface area contributed by atoms with Gasteiger partial charge in [-0.15, -0.1) is 6.42 Å². The summed E-state index contributed by atoms with van der Waals surface area (Å²) in [4.78, 5) is 12.3. The molecule has 0 amide bonds. The van der Waals surface area contributed by atoms with Crippen LogP contribution in [0.1, 0.15) is 11.1 Å². The summed E-state index contributed by atoms with van der Waals surface area (Å²) < 4.78 is 17.0. The molecule has 2 aromatic carbocycles. The molecule has 0 aliphatic heterocycles. The first-order chi connectivity index (χ1) is 14.4. The van der Waals surface area contributed by atoms with Crippen LogP contribution in [0.3, 0.4) is 0 Å². The average molecular weight is 408 g/mol. The standard InChI is InChI=1S/C23H24N2O5/c1-5-18(24(2)3)14-16-6-11-21(28-4)23-22(16)17(15-30-23)12-13-29-20-9-7-19(8-10-20)25(26)27/h1,6-11,15,18H,12-14H2,2-4H3/t18-/m0/s1. The molecule has 0 aliphatic rings. The number of fused-ring (bicyclic) bond motifs is 1. The fraction of sp³-hybridized carbons (Fsp3) is 0.304. The Morgan fingerprint density at radius 3 is 2.53 bits per heavy atom. The van der Waals surface area contributed by atoms with E-state index in [1.54, 1.807) is 25.5 Å². The Hall–Kier alpha value is -3.50. The first-order valence-corrected chi connectivity index (χ1v) is 9.50. The summed E-state index contributed by atoms with van der Waals surface area (Å²) in [7, 11) is 5.53. The van der Waals surface area contributed by atoms with E-state index in [4.69, 9.17) is 20.3 Å². The minimum absolute atomic E-state index is 0.0314. The molecule has 0 bridgehead atoms. The van der Waals surface area contributed by atoms with Gasteiger partial charge in [-0.1, -0.05) is 12.0 Å². The van der Waals surface area contributed by atoms with Gasteiger partial charge in [0.1, 0.15) is 5.75 Å². The number of hydrogen-bond acceptors (Lipinski definition) is 6. The first kappa shape index (κ1) is 21.2. The van der Waals surface area contributed by atoms with Crippen molar-refractivity contribution in [3.63, 3.8) is 0 Å². The van der Waals surface area contributed by atoms with Crippen LogP contribution in [0, 0.1) is 22.5 Å².